The molecule has 3 N–H and O–H groups in total. The van der Waals surface area contributed by atoms with Crippen LogP contribution in [-0.2, 0) is 71.8 Å². The zero-order chi connectivity index (χ0) is 66.2. The molecule has 2 heterocycles. The lowest BCUT2D eigenvalue weighted by molar-refractivity contribution is -0.152. The highest BCUT2D eigenvalue weighted by Gasteiger charge is 2.44. The Morgan fingerprint density at radius 1 is 0.568 bits per heavy atom. The summed E-state index contributed by atoms with van der Waals surface area (Å²) in [5, 5.41) is 8.38. The molecule has 2 aromatic carbocycles. The first-order valence-corrected chi connectivity index (χ1v) is 30.3. The number of nitrogens with zero attached hydrogens (tertiary/aromatic N) is 8. The highest BCUT2D eigenvalue weighted by molar-refractivity contribution is 5.98. The molecule has 0 radical (unpaired) electrons. The van der Waals surface area contributed by atoms with E-state index >= 15 is 14.4 Å². The highest BCUT2D eigenvalue weighted by Crippen LogP contribution is 2.30. The highest BCUT2D eigenvalue weighted by atomic mass is 19.4. The van der Waals surface area contributed by atoms with Gasteiger partial charge in [0.1, 0.15) is 42.3 Å². The maximum Gasteiger partial charge on any atom is 0.416 e. The summed E-state index contributed by atoms with van der Waals surface area (Å²) in [6, 6.07) is 4.10. The second-order valence-electron chi connectivity index (χ2n) is 24.4. The summed E-state index contributed by atoms with van der Waals surface area (Å²) >= 11 is 0. The van der Waals surface area contributed by atoms with Gasteiger partial charge in [0, 0.05) is 74.8 Å². The van der Waals surface area contributed by atoms with E-state index in [1.165, 1.54) is 92.9 Å². The van der Waals surface area contributed by atoms with Crippen LogP contribution in [0.3, 0.4) is 0 Å². The maximum absolute atomic E-state index is 15.1. The van der Waals surface area contributed by atoms with Gasteiger partial charge in [-0.1, -0.05) is 96.8 Å². The van der Waals surface area contributed by atoms with Crippen molar-refractivity contribution >= 4 is 65.0 Å². The summed E-state index contributed by atoms with van der Waals surface area (Å²) in [4.78, 5) is 167. The molecule has 2 aliphatic rings. The molecule has 4 rings (SSSR count). The van der Waals surface area contributed by atoms with E-state index in [0.717, 1.165) is 26.8 Å². The third-order valence-electron chi connectivity index (χ3n) is 17.2. The van der Waals surface area contributed by atoms with Gasteiger partial charge in [-0.25, -0.2) is 0 Å². The van der Waals surface area contributed by atoms with Gasteiger partial charge in [0.2, 0.25) is 65.0 Å². The van der Waals surface area contributed by atoms with E-state index in [4.69, 9.17) is 0 Å². The van der Waals surface area contributed by atoms with Crippen molar-refractivity contribution in [1.82, 2.24) is 55.1 Å². The van der Waals surface area contributed by atoms with E-state index in [-0.39, 0.29) is 51.0 Å². The molecule has 2 unspecified atom stereocenters. The Balaban J connectivity index is 1.81. The monoisotopic (exact) mass is 1240 g/mol. The lowest BCUT2D eigenvalue weighted by Crippen LogP contribution is -2.59. The van der Waals surface area contributed by atoms with Crippen LogP contribution >= 0.6 is 0 Å². The summed E-state index contributed by atoms with van der Waals surface area (Å²) in [6.45, 7) is 12.3. The summed E-state index contributed by atoms with van der Waals surface area (Å²) in [7, 11) is 9.77. The standard InChI is InChI=1S/C63H94F3N11O11/c1-16-39(5)54-61(87)72(11)36-52(80)70(9)37-53(81)76(15)55(40(6)17-2)62(88)71(10)35-50(78)68-46(30-27-43-25-28-45(29-26-43)63(64,65)66)58(84)77-31-21-24-47(77)59(85)75(14)49(34-44-22-19-18-20-23-44)60(86)74(13)48(32-38(3)4)57(83)67-41(7)33-51(79)73(12)42(8)56(82)69-54/h18-20,22-23,25-26,28-29,38-42,46-49,54-55H,16-17,21,24,27,30-37H2,1-15H3,(H,67,83)(H,68,78)(H,69,82)/t39?,40?,41-,42+,46+,47+,48+,49+,54+,55+/m1/s1. The molecule has 22 nitrogen and oxygen atoms in total. The first kappa shape index (κ1) is 72.9. The van der Waals surface area contributed by atoms with Gasteiger partial charge in [0.15, 0.2) is 0 Å². The topological polar surface area (TPSA) is 250 Å². The number of carbonyl (C=O) groups excluding carboxylic acids is 11. The van der Waals surface area contributed by atoms with Crippen LogP contribution in [0.4, 0.5) is 13.2 Å². The van der Waals surface area contributed by atoms with Crippen molar-refractivity contribution in [3.8, 4) is 0 Å². The number of nitrogens with one attached hydrogen (secondary N) is 3. The van der Waals surface area contributed by atoms with Crippen molar-refractivity contribution in [2.45, 2.75) is 168 Å². The third kappa shape index (κ3) is 19.4. The quantitative estimate of drug-likeness (QED) is 0.293. The van der Waals surface area contributed by atoms with Crippen LogP contribution < -0.4 is 16.0 Å². The second kappa shape index (κ2) is 32.6. The number of hydrogen-bond donors (Lipinski definition) is 3. The fraction of sp³-hybridized carbons (Fsp3) is 0.635. The average molecular weight is 1240 g/mol. The molecule has 2 fully saturated rings. The zero-order valence-electron chi connectivity index (χ0n) is 53.9. The number of benzene rings is 2. The van der Waals surface area contributed by atoms with E-state index < -0.39 is 157 Å². The van der Waals surface area contributed by atoms with Crippen LogP contribution in [0.25, 0.3) is 0 Å². The average Bonchev–Trinajstić information content (AvgIpc) is 2.68. The van der Waals surface area contributed by atoms with E-state index in [1.54, 1.807) is 58.0 Å². The maximum atomic E-state index is 15.1. The van der Waals surface area contributed by atoms with Gasteiger partial charge in [0.25, 0.3) is 0 Å². The van der Waals surface area contributed by atoms with E-state index in [0.29, 0.717) is 30.4 Å². The molecule has 25 heteroatoms. The van der Waals surface area contributed by atoms with E-state index in [9.17, 15) is 51.5 Å². The minimum absolute atomic E-state index is 0.00423. The van der Waals surface area contributed by atoms with Gasteiger partial charge >= 0.3 is 6.18 Å². The van der Waals surface area contributed by atoms with Gasteiger partial charge < -0.3 is 55.1 Å². The molecule has 488 valence electrons. The van der Waals surface area contributed by atoms with Crippen molar-refractivity contribution in [3.63, 3.8) is 0 Å². The van der Waals surface area contributed by atoms with Crippen molar-refractivity contribution < 1.29 is 65.9 Å². The number of aryl methyl sites for hydroxylation is 1. The molecule has 0 aromatic heterocycles. The van der Waals surface area contributed by atoms with Gasteiger partial charge in [0.05, 0.1) is 25.2 Å². The van der Waals surface area contributed by atoms with Gasteiger partial charge in [-0.05, 0) is 87.0 Å². The summed E-state index contributed by atoms with van der Waals surface area (Å²) in [5.41, 5.74) is 0.193. The normalized spacial score (nSPS) is 25.2. The number of hydrogen-bond acceptors (Lipinski definition) is 11. The summed E-state index contributed by atoms with van der Waals surface area (Å²) < 4.78 is 40.7. The molecule has 0 aliphatic carbocycles. The SMILES string of the molecule is CCC(C)[C@@H]1NC(=O)[C@H](C)N(C)C(=O)C[C@@H](C)NC(=O)[C@H](CC(C)C)N(C)C(=O)[C@H](Cc2ccccc2)N(C)C(=O)[C@@H]2CCCN2C(=O)[C@H](CCc2ccc(C(F)(F)F)cc2)NC(=O)CN(C)C(=O)[C@H](C(C)CC)N(C)C(=O)CN(C)C(=O)CN(C)C1=O. The fourth-order valence-electron chi connectivity index (χ4n) is 10.9. The predicted molar refractivity (Wildman–Crippen MR) is 324 cm³/mol. The van der Waals surface area contributed by atoms with Gasteiger partial charge in [-0.15, -0.1) is 0 Å². The van der Waals surface area contributed by atoms with Crippen LogP contribution in [0.1, 0.15) is 117 Å². The van der Waals surface area contributed by atoms with Crippen LogP contribution in [0.15, 0.2) is 54.6 Å². The van der Waals surface area contributed by atoms with Crippen LogP contribution in [0.5, 0.6) is 0 Å². The number of likely N-dealkylation sites (N-methyl/N-ethyl adjacent to an activating group) is 7. The Kier molecular flexibility index (Phi) is 27.0. The minimum atomic E-state index is -4.61. The van der Waals surface area contributed by atoms with E-state index in [1.807, 2.05) is 20.8 Å². The number of amides is 11. The number of carbonyl (C=O) groups is 11. The van der Waals surface area contributed by atoms with Crippen LogP contribution in [0.2, 0.25) is 0 Å². The molecule has 0 bridgehead atoms. The molecule has 2 aromatic rings. The Hall–Kier alpha value is -7.60. The first-order valence-electron chi connectivity index (χ1n) is 30.3. The fourth-order valence-corrected chi connectivity index (χ4v) is 10.9. The van der Waals surface area contributed by atoms with Crippen LogP contribution in [-0.4, -0.2) is 228 Å². The third-order valence-corrected chi connectivity index (χ3v) is 17.2. The van der Waals surface area contributed by atoms with Crippen molar-refractivity contribution in [2.24, 2.45) is 17.8 Å². The molecule has 0 spiro atoms. The Morgan fingerprint density at radius 2 is 1.15 bits per heavy atom. The Morgan fingerprint density at radius 3 is 1.73 bits per heavy atom. The lowest BCUT2D eigenvalue weighted by Gasteiger charge is -2.37. The molecule has 88 heavy (non-hydrogen) atoms. The zero-order valence-corrected chi connectivity index (χ0v) is 53.9. The number of rotatable bonds is 11. The number of alkyl halides is 3. The first-order chi connectivity index (χ1) is 41.1. The van der Waals surface area contributed by atoms with Gasteiger partial charge in [-0.2, -0.15) is 13.2 Å². The molecular formula is C63H94F3N11O11. The minimum Gasteiger partial charge on any atom is -0.351 e. The van der Waals surface area contributed by atoms with E-state index in [2.05, 4.69) is 16.0 Å². The molecular weight excluding hydrogens is 1140 g/mol. The Labute approximate surface area is 516 Å². The Bertz CT molecular complexity index is 2790. The molecule has 11 amide bonds. The largest absolute Gasteiger partial charge is 0.416 e. The molecule has 0 saturated carbocycles. The smallest absolute Gasteiger partial charge is 0.351 e. The molecule has 10 atom stereocenters. The summed E-state index contributed by atoms with van der Waals surface area (Å²) in [5.74, 6) is -8.17. The number of fused-ring (bicyclic) bond motifs is 1. The number of halogens is 3. The van der Waals surface area contributed by atoms with Crippen LogP contribution in [0, 0.1) is 17.8 Å². The van der Waals surface area contributed by atoms with Gasteiger partial charge in [-0.3, -0.25) is 52.7 Å². The second-order valence-corrected chi connectivity index (χ2v) is 24.4. The molecule has 2 aliphatic heterocycles. The lowest BCUT2D eigenvalue weighted by atomic mass is 9.96. The van der Waals surface area contributed by atoms with Crippen molar-refractivity contribution in [3.05, 3.63) is 71.3 Å². The predicted octanol–water partition coefficient (Wildman–Crippen LogP) is 3.59. The van der Waals surface area contributed by atoms with Crippen molar-refractivity contribution in [1.29, 1.82) is 0 Å². The summed E-state index contributed by atoms with van der Waals surface area (Å²) in [6.07, 6.45) is -3.56. The molecule has 2 saturated heterocycles. The van der Waals surface area contributed by atoms with Crippen molar-refractivity contribution in [2.75, 3.05) is 75.5 Å².